The lowest BCUT2D eigenvalue weighted by molar-refractivity contribution is -0.140. The summed E-state index contributed by atoms with van der Waals surface area (Å²) in [4.78, 5) is 52.7. The number of alkyl carbamates (subject to hydrolysis) is 1. The molecule has 2 rings (SSSR count). The molecule has 0 radical (unpaired) electrons. The Hall–Kier alpha value is -2.41. The van der Waals surface area contributed by atoms with Crippen LogP contribution < -0.4 is 15.4 Å². The van der Waals surface area contributed by atoms with Crippen molar-refractivity contribution in [3.63, 3.8) is 0 Å². The number of unbranched alkanes of at least 4 members (excludes halogenated alkanes) is 4. The topological polar surface area (TPSA) is 160 Å². The van der Waals surface area contributed by atoms with E-state index in [1.807, 2.05) is 4.72 Å². The van der Waals surface area contributed by atoms with Crippen LogP contribution in [-0.4, -0.2) is 73.0 Å². The highest BCUT2D eigenvalue weighted by Crippen LogP contribution is 2.48. The van der Waals surface area contributed by atoms with E-state index in [2.05, 4.69) is 17.6 Å². The number of amides is 4. The van der Waals surface area contributed by atoms with Crippen LogP contribution in [0.2, 0.25) is 0 Å². The van der Waals surface area contributed by atoms with E-state index in [1.165, 1.54) is 11.8 Å². The first kappa shape index (κ1) is 33.8. The number of hydrogen-bond acceptors (Lipinski definition) is 8. The second-order valence-corrected chi connectivity index (χ2v) is 13.5. The van der Waals surface area contributed by atoms with Crippen molar-refractivity contribution in [3.05, 3.63) is 0 Å². The summed E-state index contributed by atoms with van der Waals surface area (Å²) < 4.78 is 37.3. The number of carbonyl (C=O) groups is 4. The predicted octanol–water partition coefficient (Wildman–Crippen LogP) is 2.91. The molecule has 12 nitrogen and oxygen atoms in total. The van der Waals surface area contributed by atoms with Gasteiger partial charge in [-0.25, -0.2) is 13.7 Å². The van der Waals surface area contributed by atoms with Gasteiger partial charge in [-0.15, -0.1) is 0 Å². The first-order chi connectivity index (χ1) is 18.5. The molecule has 0 unspecified atom stereocenters. The van der Waals surface area contributed by atoms with Gasteiger partial charge in [-0.05, 0) is 73.1 Å². The number of nitrogens with one attached hydrogen (secondary N) is 3. The van der Waals surface area contributed by atoms with E-state index >= 15 is 0 Å². The zero-order valence-electron chi connectivity index (χ0n) is 25.1. The normalized spacial score (nSPS) is 22.0. The summed E-state index contributed by atoms with van der Waals surface area (Å²) in [5.41, 5.74) is -2.95. The molecule has 3 atom stereocenters. The van der Waals surface area contributed by atoms with Crippen molar-refractivity contribution in [1.29, 1.82) is 0 Å². The second kappa shape index (κ2) is 13.5. The summed E-state index contributed by atoms with van der Waals surface area (Å²) in [6.07, 6.45) is 6.45. The van der Waals surface area contributed by atoms with Crippen molar-refractivity contribution in [3.8, 4) is 0 Å². The van der Waals surface area contributed by atoms with Crippen molar-refractivity contribution >= 4 is 34.1 Å². The molecule has 2 aliphatic rings. The lowest BCUT2D eigenvalue weighted by atomic mass is 10.0. The monoisotopic (exact) mass is 588 g/mol. The SMILES string of the molecule is CCCCCCC[C@@H]1C[C@]1(NC(=O)[C@H](C)N(CC)C(=O)CNC(=O)OC(C)(C)C)C(=O)NS(=O)(=O)OC1(C)CC1. The Morgan fingerprint density at radius 1 is 1.05 bits per heavy atom. The van der Waals surface area contributed by atoms with Crippen molar-refractivity contribution in [1.82, 2.24) is 20.3 Å². The summed E-state index contributed by atoms with van der Waals surface area (Å²) in [7, 11) is -4.36. The third-order valence-electron chi connectivity index (χ3n) is 7.29. The molecule has 230 valence electrons. The molecule has 0 aromatic carbocycles. The molecular weight excluding hydrogens is 540 g/mol. The lowest BCUT2D eigenvalue weighted by Crippen LogP contribution is -2.58. The Balaban J connectivity index is 2.07. The van der Waals surface area contributed by atoms with Gasteiger partial charge in [0.25, 0.3) is 5.91 Å². The van der Waals surface area contributed by atoms with Gasteiger partial charge in [0.15, 0.2) is 0 Å². The van der Waals surface area contributed by atoms with E-state index in [-0.39, 0.29) is 25.4 Å². The third kappa shape index (κ3) is 10.2. The van der Waals surface area contributed by atoms with Crippen LogP contribution in [0.5, 0.6) is 0 Å². The molecule has 2 fully saturated rings. The van der Waals surface area contributed by atoms with E-state index in [0.29, 0.717) is 19.3 Å². The third-order valence-corrected chi connectivity index (χ3v) is 8.34. The van der Waals surface area contributed by atoms with Gasteiger partial charge >= 0.3 is 16.4 Å². The molecule has 0 aromatic rings. The Labute approximate surface area is 238 Å². The minimum Gasteiger partial charge on any atom is -0.444 e. The first-order valence-corrected chi connectivity index (χ1v) is 15.7. The van der Waals surface area contributed by atoms with Gasteiger partial charge in [0.2, 0.25) is 11.8 Å². The number of nitrogens with zero attached hydrogens (tertiary/aromatic N) is 1. The molecule has 0 bridgehead atoms. The van der Waals surface area contributed by atoms with Gasteiger partial charge in [0.05, 0.1) is 5.60 Å². The molecule has 0 aliphatic heterocycles. The van der Waals surface area contributed by atoms with Crippen molar-refractivity contribution in [2.45, 2.75) is 129 Å². The Kier molecular flexibility index (Phi) is 11.4. The maximum absolute atomic E-state index is 13.3. The number of ether oxygens (including phenoxy) is 1. The second-order valence-electron chi connectivity index (χ2n) is 12.2. The number of hydrogen-bond donors (Lipinski definition) is 3. The highest BCUT2D eigenvalue weighted by molar-refractivity contribution is 7.85. The fourth-order valence-electron chi connectivity index (χ4n) is 4.61. The van der Waals surface area contributed by atoms with Gasteiger partial charge in [-0.2, -0.15) is 8.42 Å². The molecule has 2 saturated carbocycles. The standard InChI is InChI=1S/C27H48N4O8S/c1-8-10-11-12-13-14-20-17-27(20,23(34)30-40(36,37)39-26(7)15-16-26)29-22(33)19(3)31(9-2)21(32)18-28-24(35)38-25(4,5)6/h19-20H,8-18H2,1-7H3,(H,28,35)(H,29,33)(H,30,34)/t19-,20+,27+/m0/s1. The van der Waals surface area contributed by atoms with E-state index < -0.39 is 56.9 Å². The Bertz CT molecular complexity index is 1040. The highest BCUT2D eigenvalue weighted by atomic mass is 32.2. The quantitative estimate of drug-likeness (QED) is 0.232. The van der Waals surface area contributed by atoms with Crippen LogP contribution in [-0.2, 0) is 33.6 Å². The number of carbonyl (C=O) groups excluding carboxylic acids is 4. The largest absolute Gasteiger partial charge is 0.444 e. The molecule has 4 amide bonds. The van der Waals surface area contributed by atoms with Crippen molar-refractivity contribution in [2.75, 3.05) is 13.1 Å². The fourth-order valence-corrected chi connectivity index (χ4v) is 5.75. The maximum atomic E-state index is 13.3. The lowest BCUT2D eigenvalue weighted by Gasteiger charge is -2.29. The maximum Gasteiger partial charge on any atom is 0.408 e. The minimum absolute atomic E-state index is 0.171. The minimum atomic E-state index is -4.36. The Morgan fingerprint density at radius 3 is 2.23 bits per heavy atom. The van der Waals surface area contributed by atoms with E-state index in [4.69, 9.17) is 8.92 Å². The van der Waals surface area contributed by atoms with Gasteiger partial charge in [-0.3, -0.25) is 14.4 Å². The van der Waals surface area contributed by atoms with Crippen LogP contribution in [0.25, 0.3) is 0 Å². The summed E-state index contributed by atoms with van der Waals surface area (Å²) in [6, 6.07) is -0.980. The summed E-state index contributed by atoms with van der Waals surface area (Å²) in [6.45, 7) is 11.9. The van der Waals surface area contributed by atoms with Gasteiger partial charge in [0.1, 0.15) is 23.7 Å². The predicted molar refractivity (Wildman–Crippen MR) is 149 cm³/mol. The van der Waals surface area contributed by atoms with Crippen LogP contribution >= 0.6 is 0 Å². The van der Waals surface area contributed by atoms with Crippen LogP contribution in [0.15, 0.2) is 0 Å². The molecule has 40 heavy (non-hydrogen) atoms. The fraction of sp³-hybridized carbons (Fsp3) is 0.852. The summed E-state index contributed by atoms with van der Waals surface area (Å²) in [5.74, 6) is -2.18. The average molecular weight is 589 g/mol. The smallest absolute Gasteiger partial charge is 0.408 e. The molecule has 0 saturated heterocycles. The van der Waals surface area contributed by atoms with Gasteiger partial charge in [0, 0.05) is 6.54 Å². The molecule has 3 N–H and O–H groups in total. The molecule has 0 spiro atoms. The number of likely N-dealkylation sites (N-methyl/N-ethyl adjacent to an activating group) is 1. The van der Waals surface area contributed by atoms with Crippen LogP contribution in [0.1, 0.15) is 106 Å². The zero-order valence-corrected chi connectivity index (χ0v) is 25.9. The van der Waals surface area contributed by atoms with E-state index in [1.54, 1.807) is 34.6 Å². The summed E-state index contributed by atoms with van der Waals surface area (Å²) >= 11 is 0. The molecule has 0 heterocycles. The van der Waals surface area contributed by atoms with Crippen LogP contribution in [0, 0.1) is 5.92 Å². The van der Waals surface area contributed by atoms with Crippen molar-refractivity contribution in [2.24, 2.45) is 5.92 Å². The summed E-state index contributed by atoms with van der Waals surface area (Å²) in [5, 5.41) is 5.15. The zero-order chi connectivity index (χ0) is 30.4. The van der Waals surface area contributed by atoms with E-state index in [9.17, 15) is 27.6 Å². The van der Waals surface area contributed by atoms with Crippen LogP contribution in [0.4, 0.5) is 4.79 Å². The molecular formula is C27H48N4O8S. The van der Waals surface area contributed by atoms with Crippen LogP contribution in [0.3, 0.4) is 0 Å². The molecule has 0 aromatic heterocycles. The number of rotatable bonds is 16. The molecule has 13 heteroatoms. The first-order valence-electron chi connectivity index (χ1n) is 14.3. The Morgan fingerprint density at radius 2 is 1.68 bits per heavy atom. The van der Waals surface area contributed by atoms with Gasteiger partial charge in [-0.1, -0.05) is 39.0 Å². The average Bonchev–Trinajstić information content (AvgIpc) is 3.73. The molecule has 2 aliphatic carbocycles. The van der Waals surface area contributed by atoms with Crippen molar-refractivity contribution < 1.29 is 36.5 Å². The van der Waals surface area contributed by atoms with E-state index in [0.717, 1.165) is 32.1 Å². The highest BCUT2D eigenvalue weighted by Gasteiger charge is 2.62. The van der Waals surface area contributed by atoms with Gasteiger partial charge < -0.3 is 20.3 Å².